The van der Waals surface area contributed by atoms with Crippen LogP contribution < -0.4 is 11.1 Å². The average molecular weight is 249 g/mol. The molecule has 0 bridgehead atoms. The maximum absolute atomic E-state index is 13.4. The second-order valence-corrected chi connectivity index (χ2v) is 3.49. The van der Waals surface area contributed by atoms with Crippen molar-refractivity contribution in [2.24, 2.45) is 0 Å². The van der Waals surface area contributed by atoms with Crippen LogP contribution in [-0.2, 0) is 0 Å². The Balaban J connectivity index is 2.30. The first-order valence-corrected chi connectivity index (χ1v) is 5.05. The number of carbonyl (C=O) groups is 1. The van der Waals surface area contributed by atoms with Crippen molar-refractivity contribution in [1.82, 2.24) is 4.98 Å². The molecular formula is C12H9F2N3O. The number of hydrogen-bond donors (Lipinski definition) is 2. The molecule has 0 aliphatic rings. The molecule has 92 valence electrons. The fourth-order valence-electron chi connectivity index (χ4n) is 1.37. The Morgan fingerprint density at radius 2 is 2.00 bits per heavy atom. The topological polar surface area (TPSA) is 68.0 Å². The molecule has 1 aromatic heterocycles. The largest absolute Gasteiger partial charge is 0.397 e. The van der Waals surface area contributed by atoms with E-state index in [1.54, 1.807) is 12.1 Å². The first kappa shape index (κ1) is 12.0. The smallest absolute Gasteiger partial charge is 0.274 e. The van der Waals surface area contributed by atoms with Gasteiger partial charge in [-0.15, -0.1) is 0 Å². The van der Waals surface area contributed by atoms with Gasteiger partial charge in [-0.3, -0.25) is 9.78 Å². The van der Waals surface area contributed by atoms with Gasteiger partial charge in [0.05, 0.1) is 5.69 Å². The van der Waals surface area contributed by atoms with E-state index in [1.807, 2.05) is 0 Å². The quantitative estimate of drug-likeness (QED) is 0.801. The lowest BCUT2D eigenvalue weighted by atomic mass is 10.2. The Bertz CT molecular complexity index is 587. The SMILES string of the molecule is Nc1ccc(F)c(F)c1NC(=O)c1ccccn1. The van der Waals surface area contributed by atoms with Crippen molar-refractivity contribution in [2.45, 2.75) is 0 Å². The molecule has 2 rings (SSSR count). The van der Waals surface area contributed by atoms with Crippen LogP contribution in [0.2, 0.25) is 0 Å². The highest BCUT2D eigenvalue weighted by molar-refractivity contribution is 6.04. The number of benzene rings is 1. The number of halogens is 2. The number of nitrogens with two attached hydrogens (primary N) is 1. The van der Waals surface area contributed by atoms with Crippen molar-refractivity contribution in [3.63, 3.8) is 0 Å². The highest BCUT2D eigenvalue weighted by Gasteiger charge is 2.15. The summed E-state index contributed by atoms with van der Waals surface area (Å²) in [4.78, 5) is 15.5. The van der Waals surface area contributed by atoms with Gasteiger partial charge in [-0.25, -0.2) is 8.78 Å². The lowest BCUT2D eigenvalue weighted by molar-refractivity contribution is 0.102. The second kappa shape index (κ2) is 4.79. The number of nitrogens with zero attached hydrogens (tertiary/aromatic N) is 1. The van der Waals surface area contributed by atoms with E-state index in [2.05, 4.69) is 10.3 Å². The van der Waals surface area contributed by atoms with E-state index in [1.165, 1.54) is 18.3 Å². The Kier molecular flexibility index (Phi) is 3.18. The van der Waals surface area contributed by atoms with Crippen molar-refractivity contribution < 1.29 is 13.6 Å². The second-order valence-electron chi connectivity index (χ2n) is 3.49. The van der Waals surface area contributed by atoms with E-state index in [4.69, 9.17) is 5.73 Å². The summed E-state index contributed by atoms with van der Waals surface area (Å²) in [6.45, 7) is 0. The molecule has 0 fully saturated rings. The third-order valence-corrected chi connectivity index (χ3v) is 2.26. The van der Waals surface area contributed by atoms with Gasteiger partial charge in [0, 0.05) is 6.20 Å². The first-order valence-electron chi connectivity index (χ1n) is 5.05. The molecule has 1 heterocycles. The molecule has 1 amide bonds. The van der Waals surface area contributed by atoms with E-state index >= 15 is 0 Å². The molecule has 0 saturated heterocycles. The molecule has 4 nitrogen and oxygen atoms in total. The van der Waals surface area contributed by atoms with Gasteiger partial charge in [0.25, 0.3) is 5.91 Å². The first-order chi connectivity index (χ1) is 8.59. The fraction of sp³-hybridized carbons (Fsp3) is 0. The predicted octanol–water partition coefficient (Wildman–Crippen LogP) is 2.19. The number of nitrogen functional groups attached to an aromatic ring is 1. The maximum Gasteiger partial charge on any atom is 0.274 e. The minimum Gasteiger partial charge on any atom is -0.397 e. The summed E-state index contributed by atoms with van der Waals surface area (Å²) in [7, 11) is 0. The minimum absolute atomic E-state index is 0.0572. The van der Waals surface area contributed by atoms with Crippen LogP contribution in [0.1, 0.15) is 10.5 Å². The molecule has 3 N–H and O–H groups in total. The molecule has 0 atom stereocenters. The van der Waals surface area contributed by atoms with Crippen molar-refractivity contribution in [2.75, 3.05) is 11.1 Å². The van der Waals surface area contributed by atoms with Crippen LogP contribution in [0.3, 0.4) is 0 Å². The van der Waals surface area contributed by atoms with Crippen molar-refractivity contribution in [3.05, 3.63) is 53.9 Å². The number of rotatable bonds is 2. The minimum atomic E-state index is -1.20. The molecule has 0 saturated carbocycles. The number of hydrogen-bond acceptors (Lipinski definition) is 3. The average Bonchev–Trinajstić information content (AvgIpc) is 2.40. The van der Waals surface area contributed by atoms with Gasteiger partial charge < -0.3 is 11.1 Å². The summed E-state index contributed by atoms with van der Waals surface area (Å²) in [5.41, 5.74) is 5.12. The van der Waals surface area contributed by atoms with Gasteiger partial charge in [-0.05, 0) is 24.3 Å². The highest BCUT2D eigenvalue weighted by Crippen LogP contribution is 2.24. The van der Waals surface area contributed by atoms with E-state index in [-0.39, 0.29) is 17.1 Å². The Hall–Kier alpha value is -2.50. The number of nitrogens with one attached hydrogen (secondary N) is 1. The summed E-state index contributed by atoms with van der Waals surface area (Å²) in [6.07, 6.45) is 1.42. The van der Waals surface area contributed by atoms with Crippen molar-refractivity contribution in [1.29, 1.82) is 0 Å². The lowest BCUT2D eigenvalue weighted by Crippen LogP contribution is -2.16. The predicted molar refractivity (Wildman–Crippen MR) is 63.0 cm³/mol. The fourth-order valence-corrected chi connectivity index (χ4v) is 1.37. The molecule has 2 aromatic rings. The van der Waals surface area contributed by atoms with Gasteiger partial charge in [0.15, 0.2) is 11.6 Å². The van der Waals surface area contributed by atoms with Crippen LogP contribution in [0.5, 0.6) is 0 Å². The zero-order valence-electron chi connectivity index (χ0n) is 9.15. The normalized spacial score (nSPS) is 10.1. The summed E-state index contributed by atoms with van der Waals surface area (Å²) < 4.78 is 26.5. The molecule has 0 aliphatic carbocycles. The van der Waals surface area contributed by atoms with Gasteiger partial charge in [-0.1, -0.05) is 6.07 Å². The van der Waals surface area contributed by atoms with Gasteiger partial charge in [-0.2, -0.15) is 0 Å². The molecule has 0 aliphatic heterocycles. The molecule has 18 heavy (non-hydrogen) atoms. The summed E-state index contributed by atoms with van der Waals surface area (Å²) in [5.74, 6) is -2.94. The van der Waals surface area contributed by atoms with Crippen LogP contribution >= 0.6 is 0 Å². The lowest BCUT2D eigenvalue weighted by Gasteiger charge is -2.09. The van der Waals surface area contributed by atoms with Gasteiger partial charge in [0.2, 0.25) is 0 Å². The molecule has 6 heteroatoms. The standard InChI is InChI=1S/C12H9F2N3O/c13-7-4-5-8(15)11(10(7)14)17-12(18)9-3-1-2-6-16-9/h1-6H,15H2,(H,17,18). The van der Waals surface area contributed by atoms with Crippen LogP contribution in [-0.4, -0.2) is 10.9 Å². The zero-order valence-corrected chi connectivity index (χ0v) is 9.15. The summed E-state index contributed by atoms with van der Waals surface area (Å²) in [5, 5.41) is 2.19. The van der Waals surface area contributed by atoms with Crippen LogP contribution in [0.15, 0.2) is 36.5 Å². The highest BCUT2D eigenvalue weighted by atomic mass is 19.2. The van der Waals surface area contributed by atoms with Crippen LogP contribution in [0, 0.1) is 11.6 Å². The molecule has 0 unspecified atom stereocenters. The summed E-state index contributed by atoms with van der Waals surface area (Å²) in [6, 6.07) is 6.75. The number of pyridine rings is 1. The van der Waals surface area contributed by atoms with Crippen LogP contribution in [0.4, 0.5) is 20.2 Å². The third kappa shape index (κ3) is 2.27. The zero-order chi connectivity index (χ0) is 13.1. The Morgan fingerprint density at radius 3 is 2.67 bits per heavy atom. The van der Waals surface area contributed by atoms with E-state index in [0.717, 1.165) is 6.07 Å². The van der Waals surface area contributed by atoms with Crippen molar-refractivity contribution in [3.8, 4) is 0 Å². The number of anilines is 2. The maximum atomic E-state index is 13.4. The molecular weight excluding hydrogens is 240 g/mol. The molecule has 1 aromatic carbocycles. The van der Waals surface area contributed by atoms with E-state index in [0.29, 0.717) is 0 Å². The Labute approximate surface area is 101 Å². The van der Waals surface area contributed by atoms with Gasteiger partial charge >= 0.3 is 0 Å². The molecule has 0 radical (unpaired) electrons. The monoisotopic (exact) mass is 249 g/mol. The number of amides is 1. The third-order valence-electron chi connectivity index (χ3n) is 2.26. The van der Waals surface area contributed by atoms with Crippen molar-refractivity contribution >= 4 is 17.3 Å². The Morgan fingerprint density at radius 1 is 1.22 bits per heavy atom. The van der Waals surface area contributed by atoms with E-state index < -0.39 is 17.5 Å². The summed E-state index contributed by atoms with van der Waals surface area (Å²) >= 11 is 0. The molecule has 0 spiro atoms. The number of aromatic nitrogens is 1. The van der Waals surface area contributed by atoms with Crippen LogP contribution in [0.25, 0.3) is 0 Å². The number of carbonyl (C=O) groups excluding carboxylic acids is 1. The van der Waals surface area contributed by atoms with Gasteiger partial charge in [0.1, 0.15) is 11.4 Å². The van der Waals surface area contributed by atoms with E-state index in [9.17, 15) is 13.6 Å².